The van der Waals surface area contributed by atoms with Crippen LogP contribution in [-0.2, 0) is 11.2 Å². The molecule has 0 fully saturated rings. The molecule has 0 bridgehead atoms. The van der Waals surface area contributed by atoms with Gasteiger partial charge in [-0.05, 0) is 36.2 Å². The Bertz CT molecular complexity index is 589. The molecule has 21 heavy (non-hydrogen) atoms. The monoisotopic (exact) mass is 287 g/mol. The highest BCUT2D eigenvalue weighted by molar-refractivity contribution is 5.80. The smallest absolute Gasteiger partial charge is 0.241 e. The van der Waals surface area contributed by atoms with E-state index >= 15 is 0 Å². The number of pyridine rings is 1. The number of aromatic nitrogens is 1. The lowest BCUT2D eigenvalue weighted by molar-refractivity contribution is -0.127. The van der Waals surface area contributed by atoms with Crippen LogP contribution in [0, 0.1) is 5.82 Å². The summed E-state index contributed by atoms with van der Waals surface area (Å²) in [7, 11) is 1.74. The second-order valence-electron chi connectivity index (χ2n) is 4.75. The third-order valence-corrected chi connectivity index (χ3v) is 3.21. The molecule has 0 radical (unpaired) electrons. The van der Waals surface area contributed by atoms with Gasteiger partial charge < -0.3 is 10.2 Å². The van der Waals surface area contributed by atoms with E-state index < -0.39 is 0 Å². The Labute approximate surface area is 123 Å². The Balaban J connectivity index is 1.79. The lowest BCUT2D eigenvalue weighted by atomic mass is 10.2. The number of likely N-dealkylation sites (N-methyl/N-ethyl adjacent to an activating group) is 1. The lowest BCUT2D eigenvalue weighted by Gasteiger charge is -2.18. The molecule has 4 nitrogen and oxygen atoms in total. The topological polar surface area (TPSA) is 45.2 Å². The van der Waals surface area contributed by atoms with Crippen LogP contribution in [-0.4, -0.2) is 35.9 Å². The second-order valence-corrected chi connectivity index (χ2v) is 4.75. The number of nitrogens with zero attached hydrogens (tertiary/aromatic N) is 2. The Morgan fingerprint density at radius 1 is 1.24 bits per heavy atom. The van der Waals surface area contributed by atoms with Crippen molar-refractivity contribution in [3.05, 3.63) is 60.2 Å². The first-order valence-electron chi connectivity index (χ1n) is 6.78. The molecule has 0 aliphatic carbocycles. The van der Waals surface area contributed by atoms with Crippen LogP contribution in [0.25, 0.3) is 0 Å². The SMILES string of the molecule is CN(CCc1ccncc1)C(=O)CNc1ccccc1F. The average Bonchev–Trinajstić information content (AvgIpc) is 2.52. The molecule has 0 unspecified atom stereocenters. The minimum Gasteiger partial charge on any atom is -0.374 e. The molecule has 1 amide bonds. The van der Waals surface area contributed by atoms with Crippen LogP contribution in [0.15, 0.2) is 48.8 Å². The summed E-state index contributed by atoms with van der Waals surface area (Å²) in [6.07, 6.45) is 4.23. The van der Waals surface area contributed by atoms with E-state index in [-0.39, 0.29) is 18.3 Å². The molecule has 0 saturated heterocycles. The third kappa shape index (κ3) is 4.56. The summed E-state index contributed by atoms with van der Waals surface area (Å²) < 4.78 is 13.4. The van der Waals surface area contributed by atoms with Gasteiger partial charge in [0, 0.05) is 26.0 Å². The predicted molar refractivity (Wildman–Crippen MR) is 80.5 cm³/mol. The first-order valence-corrected chi connectivity index (χ1v) is 6.78. The highest BCUT2D eigenvalue weighted by Gasteiger charge is 2.09. The molecule has 1 N–H and O–H groups in total. The molecule has 1 aromatic carbocycles. The molecule has 0 aliphatic rings. The fourth-order valence-electron chi connectivity index (χ4n) is 1.88. The van der Waals surface area contributed by atoms with Gasteiger partial charge in [-0.1, -0.05) is 12.1 Å². The minimum absolute atomic E-state index is 0.0766. The van der Waals surface area contributed by atoms with Crippen molar-refractivity contribution in [1.29, 1.82) is 0 Å². The van der Waals surface area contributed by atoms with Crippen LogP contribution in [0.3, 0.4) is 0 Å². The van der Waals surface area contributed by atoms with E-state index in [1.807, 2.05) is 12.1 Å². The van der Waals surface area contributed by atoms with Crippen molar-refractivity contribution in [2.24, 2.45) is 0 Å². The fourth-order valence-corrected chi connectivity index (χ4v) is 1.88. The summed E-state index contributed by atoms with van der Waals surface area (Å²) in [5.41, 5.74) is 1.47. The van der Waals surface area contributed by atoms with Gasteiger partial charge in [0.25, 0.3) is 0 Å². The Hall–Kier alpha value is -2.43. The van der Waals surface area contributed by atoms with E-state index in [1.54, 1.807) is 42.5 Å². The Morgan fingerprint density at radius 3 is 2.67 bits per heavy atom. The molecule has 0 aliphatic heterocycles. The largest absolute Gasteiger partial charge is 0.374 e. The maximum absolute atomic E-state index is 13.4. The number of halogens is 1. The molecular formula is C16H18FN3O. The van der Waals surface area contributed by atoms with Gasteiger partial charge in [-0.3, -0.25) is 9.78 Å². The fraction of sp³-hybridized carbons (Fsp3) is 0.250. The third-order valence-electron chi connectivity index (χ3n) is 3.21. The highest BCUT2D eigenvalue weighted by atomic mass is 19.1. The molecule has 1 heterocycles. The summed E-state index contributed by atoms with van der Waals surface area (Å²) >= 11 is 0. The summed E-state index contributed by atoms with van der Waals surface area (Å²) in [4.78, 5) is 17.6. The van der Waals surface area contributed by atoms with Crippen molar-refractivity contribution in [2.45, 2.75) is 6.42 Å². The molecule has 0 saturated carbocycles. The number of anilines is 1. The number of carbonyl (C=O) groups excluding carboxylic acids is 1. The van der Waals surface area contributed by atoms with Crippen LogP contribution < -0.4 is 5.32 Å². The zero-order chi connectivity index (χ0) is 15.1. The number of hydrogen-bond donors (Lipinski definition) is 1. The number of nitrogens with one attached hydrogen (secondary N) is 1. The zero-order valence-electron chi connectivity index (χ0n) is 11.9. The summed E-state index contributed by atoms with van der Waals surface area (Å²) in [6, 6.07) is 10.2. The predicted octanol–water partition coefficient (Wildman–Crippen LogP) is 2.33. The van der Waals surface area contributed by atoms with Crippen molar-refractivity contribution in [1.82, 2.24) is 9.88 Å². The van der Waals surface area contributed by atoms with Crippen molar-refractivity contribution >= 4 is 11.6 Å². The molecule has 0 atom stereocenters. The van der Waals surface area contributed by atoms with E-state index in [9.17, 15) is 9.18 Å². The Morgan fingerprint density at radius 2 is 1.95 bits per heavy atom. The quantitative estimate of drug-likeness (QED) is 0.887. The van der Waals surface area contributed by atoms with E-state index in [4.69, 9.17) is 0 Å². The minimum atomic E-state index is -0.357. The molecule has 110 valence electrons. The molecule has 0 spiro atoms. The number of benzene rings is 1. The van der Waals surface area contributed by atoms with Gasteiger partial charge in [0.2, 0.25) is 5.91 Å². The molecule has 1 aromatic heterocycles. The standard InChI is InChI=1S/C16H18FN3O/c1-20(11-8-13-6-9-18-10-7-13)16(21)12-19-15-5-3-2-4-14(15)17/h2-7,9-10,19H,8,11-12H2,1H3. The first-order chi connectivity index (χ1) is 10.2. The van der Waals surface area contributed by atoms with E-state index in [0.29, 0.717) is 12.2 Å². The molecule has 2 aromatic rings. The highest BCUT2D eigenvalue weighted by Crippen LogP contribution is 2.11. The first kappa shape index (κ1) is 15.0. The van der Waals surface area contributed by atoms with Crippen molar-refractivity contribution in [3.8, 4) is 0 Å². The Kier molecular flexibility index (Phi) is 5.26. The van der Waals surface area contributed by atoms with Crippen LogP contribution in [0.4, 0.5) is 10.1 Å². The average molecular weight is 287 g/mol. The summed E-state index contributed by atoms with van der Waals surface area (Å²) in [5.74, 6) is -0.433. The summed E-state index contributed by atoms with van der Waals surface area (Å²) in [5, 5.41) is 2.82. The van der Waals surface area contributed by atoms with E-state index in [0.717, 1.165) is 12.0 Å². The molecular weight excluding hydrogens is 269 g/mol. The zero-order valence-corrected chi connectivity index (χ0v) is 11.9. The van der Waals surface area contributed by atoms with Gasteiger partial charge in [0.1, 0.15) is 5.82 Å². The van der Waals surface area contributed by atoms with Crippen LogP contribution in [0.5, 0.6) is 0 Å². The summed E-state index contributed by atoms with van der Waals surface area (Å²) in [6.45, 7) is 0.690. The number of carbonyl (C=O) groups is 1. The maximum Gasteiger partial charge on any atom is 0.241 e. The normalized spacial score (nSPS) is 10.2. The number of rotatable bonds is 6. The van der Waals surface area contributed by atoms with Gasteiger partial charge >= 0.3 is 0 Å². The van der Waals surface area contributed by atoms with Gasteiger partial charge in [-0.15, -0.1) is 0 Å². The molecule has 5 heteroatoms. The van der Waals surface area contributed by atoms with E-state index in [1.165, 1.54) is 6.07 Å². The van der Waals surface area contributed by atoms with Crippen LogP contribution >= 0.6 is 0 Å². The van der Waals surface area contributed by atoms with Crippen molar-refractivity contribution < 1.29 is 9.18 Å². The van der Waals surface area contributed by atoms with Crippen LogP contribution in [0.2, 0.25) is 0 Å². The van der Waals surface area contributed by atoms with Gasteiger partial charge in [-0.2, -0.15) is 0 Å². The molecule has 2 rings (SSSR count). The van der Waals surface area contributed by atoms with Crippen molar-refractivity contribution in [2.75, 3.05) is 25.5 Å². The van der Waals surface area contributed by atoms with E-state index in [2.05, 4.69) is 10.3 Å². The van der Waals surface area contributed by atoms with Gasteiger partial charge in [0.05, 0.1) is 12.2 Å². The van der Waals surface area contributed by atoms with Gasteiger partial charge in [0.15, 0.2) is 0 Å². The maximum atomic E-state index is 13.4. The lowest BCUT2D eigenvalue weighted by Crippen LogP contribution is -2.33. The number of para-hydroxylation sites is 1. The number of hydrogen-bond acceptors (Lipinski definition) is 3. The second kappa shape index (κ2) is 7.38. The van der Waals surface area contributed by atoms with Crippen LogP contribution in [0.1, 0.15) is 5.56 Å². The van der Waals surface area contributed by atoms with Gasteiger partial charge in [-0.25, -0.2) is 4.39 Å². The number of amides is 1. The van der Waals surface area contributed by atoms with Crippen molar-refractivity contribution in [3.63, 3.8) is 0 Å².